The van der Waals surface area contributed by atoms with Gasteiger partial charge in [0.15, 0.2) is 0 Å². The Bertz CT molecular complexity index is 382. The van der Waals surface area contributed by atoms with Gasteiger partial charge in [0.05, 0.1) is 6.61 Å². The van der Waals surface area contributed by atoms with Gasteiger partial charge in [-0.3, -0.25) is 4.79 Å². The topological polar surface area (TPSA) is 29.5 Å². The third-order valence-electron chi connectivity index (χ3n) is 2.53. The quantitative estimate of drug-likeness (QED) is 0.712. The van der Waals surface area contributed by atoms with Gasteiger partial charge in [-0.05, 0) is 24.1 Å². The van der Waals surface area contributed by atoms with Crippen molar-refractivity contribution in [1.29, 1.82) is 0 Å². The van der Waals surface area contributed by atoms with E-state index in [0.717, 1.165) is 17.7 Å². The molecule has 0 saturated heterocycles. The first-order valence-electron chi connectivity index (χ1n) is 6.19. The Labute approximate surface area is 114 Å². The molecular formula is C14H20ClNO2. The second-order valence-electron chi connectivity index (χ2n) is 4.18. The normalized spacial score (nSPS) is 10.2. The molecule has 1 rings (SSSR count). The molecule has 0 aliphatic rings. The summed E-state index contributed by atoms with van der Waals surface area (Å²) in [5.41, 5.74) is 1.06. The minimum Gasteiger partial charge on any atom is -0.494 e. The van der Waals surface area contributed by atoms with Crippen molar-refractivity contribution in [3.05, 3.63) is 29.8 Å². The third-order valence-corrected chi connectivity index (χ3v) is 2.71. The summed E-state index contributed by atoms with van der Waals surface area (Å²) in [7, 11) is 1.79. The number of carbonyl (C=O) groups excluding carboxylic acids is 1. The molecule has 0 aromatic heterocycles. The van der Waals surface area contributed by atoms with E-state index < -0.39 is 0 Å². The van der Waals surface area contributed by atoms with Crippen LogP contribution >= 0.6 is 11.6 Å². The number of alkyl halides is 1. The van der Waals surface area contributed by atoms with Gasteiger partial charge in [-0.1, -0.05) is 19.1 Å². The predicted octanol–water partition coefficient (Wildman–Crippen LogP) is 3.06. The summed E-state index contributed by atoms with van der Waals surface area (Å²) in [4.78, 5) is 13.3. The zero-order valence-electron chi connectivity index (χ0n) is 11.0. The van der Waals surface area contributed by atoms with Crippen molar-refractivity contribution in [2.45, 2.75) is 26.3 Å². The average Bonchev–Trinajstić information content (AvgIpc) is 2.37. The number of ether oxygens (including phenoxy) is 1. The summed E-state index contributed by atoms with van der Waals surface area (Å²) in [6, 6.07) is 7.84. The van der Waals surface area contributed by atoms with Crippen LogP contribution in [0.2, 0.25) is 0 Å². The van der Waals surface area contributed by atoms with Crippen LogP contribution in [0.25, 0.3) is 0 Å². The van der Waals surface area contributed by atoms with E-state index in [-0.39, 0.29) is 5.91 Å². The maximum Gasteiger partial charge on any atom is 0.223 e. The Balaban J connectivity index is 2.58. The summed E-state index contributed by atoms with van der Waals surface area (Å²) >= 11 is 5.56. The molecule has 3 nitrogen and oxygen atoms in total. The van der Waals surface area contributed by atoms with E-state index in [9.17, 15) is 4.79 Å². The lowest BCUT2D eigenvalue weighted by Crippen LogP contribution is -2.26. The third kappa shape index (κ3) is 4.96. The summed E-state index contributed by atoms with van der Waals surface area (Å²) in [5.74, 6) is 1.28. The van der Waals surface area contributed by atoms with Crippen molar-refractivity contribution in [3.8, 4) is 5.75 Å². The minimum absolute atomic E-state index is 0.0601. The van der Waals surface area contributed by atoms with E-state index in [4.69, 9.17) is 16.3 Å². The lowest BCUT2D eigenvalue weighted by molar-refractivity contribution is -0.129. The van der Waals surface area contributed by atoms with Gasteiger partial charge in [-0.2, -0.15) is 0 Å². The number of halogens is 1. The lowest BCUT2D eigenvalue weighted by Gasteiger charge is -2.17. The van der Waals surface area contributed by atoms with Crippen LogP contribution in [-0.2, 0) is 11.3 Å². The monoisotopic (exact) mass is 269 g/mol. The standard InChI is InChI=1S/C14H20ClNO2/c1-3-9-18-13-6-4-5-12(10-13)11-16(2)14(17)7-8-15/h4-6,10H,3,7-9,11H2,1-2H3. The summed E-state index contributed by atoms with van der Waals surface area (Å²) in [6.45, 7) is 3.37. The van der Waals surface area contributed by atoms with Crippen LogP contribution in [0.15, 0.2) is 24.3 Å². The van der Waals surface area contributed by atoms with Crippen molar-refractivity contribution >= 4 is 17.5 Å². The van der Waals surface area contributed by atoms with Crippen molar-refractivity contribution in [2.24, 2.45) is 0 Å². The van der Waals surface area contributed by atoms with Gasteiger partial charge in [0.2, 0.25) is 5.91 Å². The Hall–Kier alpha value is -1.22. The van der Waals surface area contributed by atoms with Gasteiger partial charge in [0.25, 0.3) is 0 Å². The van der Waals surface area contributed by atoms with Crippen LogP contribution in [0.4, 0.5) is 0 Å². The van der Waals surface area contributed by atoms with E-state index in [0.29, 0.717) is 25.5 Å². The van der Waals surface area contributed by atoms with Crippen LogP contribution in [0.3, 0.4) is 0 Å². The molecule has 0 radical (unpaired) electrons. The molecule has 0 saturated carbocycles. The van der Waals surface area contributed by atoms with Crippen molar-refractivity contribution in [1.82, 2.24) is 4.90 Å². The number of benzene rings is 1. The Morgan fingerprint density at radius 3 is 2.89 bits per heavy atom. The number of rotatable bonds is 7. The van der Waals surface area contributed by atoms with Crippen LogP contribution in [0.5, 0.6) is 5.75 Å². The maximum absolute atomic E-state index is 11.6. The Kier molecular flexibility index (Phi) is 6.58. The Morgan fingerprint density at radius 1 is 1.44 bits per heavy atom. The molecule has 1 amide bonds. The molecule has 0 aliphatic heterocycles. The number of hydrogen-bond donors (Lipinski definition) is 0. The molecule has 0 heterocycles. The van der Waals surface area contributed by atoms with Gasteiger partial charge in [-0.25, -0.2) is 0 Å². The summed E-state index contributed by atoms with van der Waals surface area (Å²) < 4.78 is 5.56. The van der Waals surface area contributed by atoms with Crippen molar-refractivity contribution in [3.63, 3.8) is 0 Å². The van der Waals surface area contributed by atoms with E-state index in [1.165, 1.54) is 0 Å². The molecule has 0 bridgehead atoms. The first-order valence-corrected chi connectivity index (χ1v) is 6.72. The summed E-state index contributed by atoms with van der Waals surface area (Å²) in [6.07, 6.45) is 1.36. The van der Waals surface area contributed by atoms with Crippen molar-refractivity contribution < 1.29 is 9.53 Å². The second-order valence-corrected chi connectivity index (χ2v) is 4.56. The van der Waals surface area contributed by atoms with Gasteiger partial charge in [-0.15, -0.1) is 11.6 Å². The van der Waals surface area contributed by atoms with E-state index >= 15 is 0 Å². The molecular weight excluding hydrogens is 250 g/mol. The fourth-order valence-corrected chi connectivity index (χ4v) is 1.75. The zero-order chi connectivity index (χ0) is 13.4. The van der Waals surface area contributed by atoms with Crippen molar-refractivity contribution in [2.75, 3.05) is 19.5 Å². The zero-order valence-corrected chi connectivity index (χ0v) is 11.7. The van der Waals surface area contributed by atoms with E-state index in [2.05, 4.69) is 6.92 Å². The highest BCUT2D eigenvalue weighted by Crippen LogP contribution is 2.15. The maximum atomic E-state index is 11.6. The van der Waals surface area contributed by atoms with E-state index in [1.807, 2.05) is 24.3 Å². The molecule has 100 valence electrons. The van der Waals surface area contributed by atoms with Crippen LogP contribution in [0, 0.1) is 0 Å². The minimum atomic E-state index is 0.0601. The van der Waals surface area contributed by atoms with Crippen LogP contribution in [-0.4, -0.2) is 30.3 Å². The number of nitrogens with zero attached hydrogens (tertiary/aromatic N) is 1. The highest BCUT2D eigenvalue weighted by atomic mass is 35.5. The molecule has 18 heavy (non-hydrogen) atoms. The smallest absolute Gasteiger partial charge is 0.223 e. The number of hydrogen-bond acceptors (Lipinski definition) is 2. The Morgan fingerprint density at radius 2 is 2.22 bits per heavy atom. The first-order chi connectivity index (χ1) is 8.67. The second kappa shape index (κ2) is 7.98. The van der Waals surface area contributed by atoms with Gasteiger partial charge < -0.3 is 9.64 Å². The molecule has 0 spiro atoms. The highest BCUT2D eigenvalue weighted by Gasteiger charge is 2.08. The SMILES string of the molecule is CCCOc1cccc(CN(C)C(=O)CCCl)c1. The molecule has 0 N–H and O–H groups in total. The lowest BCUT2D eigenvalue weighted by atomic mass is 10.2. The largest absolute Gasteiger partial charge is 0.494 e. The molecule has 0 unspecified atom stereocenters. The predicted molar refractivity (Wildman–Crippen MR) is 74.0 cm³/mol. The van der Waals surface area contributed by atoms with Gasteiger partial charge >= 0.3 is 0 Å². The number of carbonyl (C=O) groups is 1. The molecule has 1 aromatic carbocycles. The fraction of sp³-hybridized carbons (Fsp3) is 0.500. The van der Waals surface area contributed by atoms with Crippen LogP contribution in [0.1, 0.15) is 25.3 Å². The van der Waals surface area contributed by atoms with E-state index in [1.54, 1.807) is 11.9 Å². The summed E-state index contributed by atoms with van der Waals surface area (Å²) in [5, 5.41) is 0. The average molecular weight is 270 g/mol. The van der Waals surface area contributed by atoms with Crippen LogP contribution < -0.4 is 4.74 Å². The molecule has 0 atom stereocenters. The fourth-order valence-electron chi connectivity index (χ4n) is 1.59. The molecule has 0 aliphatic carbocycles. The molecule has 1 aromatic rings. The molecule has 4 heteroatoms. The molecule has 0 fully saturated rings. The number of amides is 1. The highest BCUT2D eigenvalue weighted by molar-refractivity contribution is 6.18. The first kappa shape index (κ1) is 14.8. The van der Waals surface area contributed by atoms with Gasteiger partial charge in [0, 0.05) is 25.9 Å². The van der Waals surface area contributed by atoms with Gasteiger partial charge in [0.1, 0.15) is 5.75 Å².